The van der Waals surface area contributed by atoms with Crippen LogP contribution in [-0.4, -0.2) is 11.6 Å². The molecule has 4 nitrogen and oxygen atoms in total. The Hall–Kier alpha value is -4.18. The zero-order chi connectivity index (χ0) is 25.5. The number of anilines is 1. The topological polar surface area (TPSA) is 50.7 Å². The Morgan fingerprint density at radius 3 is 2.33 bits per heavy atom. The molecule has 1 N–H and O–H groups in total. The van der Waals surface area contributed by atoms with Gasteiger partial charge in [0.25, 0.3) is 5.91 Å². The number of para-hydroxylation sites is 1. The highest BCUT2D eigenvalue weighted by atomic mass is 16.5. The average molecular weight is 477 g/mol. The predicted octanol–water partition coefficient (Wildman–Crippen LogP) is 8.51. The molecule has 0 aromatic heterocycles. The normalized spacial score (nSPS) is 12.2. The van der Waals surface area contributed by atoms with Crippen molar-refractivity contribution in [2.24, 2.45) is 10.9 Å². The van der Waals surface area contributed by atoms with E-state index in [0.717, 1.165) is 51.7 Å². The largest absolute Gasteiger partial charge is 0.457 e. The molecule has 0 aliphatic rings. The van der Waals surface area contributed by atoms with Crippen LogP contribution in [0.3, 0.4) is 0 Å². The summed E-state index contributed by atoms with van der Waals surface area (Å²) in [6.45, 7) is 8.35. The van der Waals surface area contributed by atoms with Crippen molar-refractivity contribution in [2.75, 3.05) is 5.32 Å². The molecule has 1 atom stereocenters. The van der Waals surface area contributed by atoms with Crippen LogP contribution in [0.25, 0.3) is 0 Å². The van der Waals surface area contributed by atoms with Crippen LogP contribution in [-0.2, 0) is 0 Å². The van der Waals surface area contributed by atoms with Gasteiger partial charge >= 0.3 is 0 Å². The van der Waals surface area contributed by atoms with Crippen molar-refractivity contribution in [2.45, 2.75) is 34.1 Å². The third-order valence-electron chi connectivity index (χ3n) is 6.18. The van der Waals surface area contributed by atoms with Gasteiger partial charge in [-0.2, -0.15) is 0 Å². The molecule has 0 fully saturated rings. The summed E-state index contributed by atoms with van der Waals surface area (Å²) >= 11 is 0. The first-order chi connectivity index (χ1) is 17.4. The van der Waals surface area contributed by atoms with E-state index in [-0.39, 0.29) is 11.8 Å². The lowest BCUT2D eigenvalue weighted by atomic mass is 9.95. The summed E-state index contributed by atoms with van der Waals surface area (Å²) in [7, 11) is 0. The number of nitrogens with one attached hydrogen (secondary N) is 1. The fraction of sp³-hybridized carbons (Fsp3) is 0.188. The number of nitrogens with zero attached hydrogens (tertiary/aromatic N) is 1. The minimum absolute atomic E-state index is 0.152. The lowest BCUT2D eigenvalue weighted by Crippen LogP contribution is -2.13. The first kappa shape index (κ1) is 24.9. The Kier molecular flexibility index (Phi) is 7.96. The van der Waals surface area contributed by atoms with Gasteiger partial charge in [0.15, 0.2) is 0 Å². The molecule has 1 amide bonds. The van der Waals surface area contributed by atoms with Gasteiger partial charge in [-0.05, 0) is 91.4 Å². The zero-order valence-electron chi connectivity index (χ0n) is 21.3. The van der Waals surface area contributed by atoms with E-state index in [0.29, 0.717) is 5.56 Å². The minimum Gasteiger partial charge on any atom is -0.457 e. The molecule has 4 aromatic carbocycles. The fourth-order valence-corrected chi connectivity index (χ4v) is 3.92. The number of rotatable bonds is 8. The number of benzene rings is 4. The molecule has 0 saturated carbocycles. The van der Waals surface area contributed by atoms with Gasteiger partial charge in [-0.25, -0.2) is 0 Å². The van der Waals surface area contributed by atoms with Crippen LogP contribution in [0.4, 0.5) is 11.4 Å². The van der Waals surface area contributed by atoms with Crippen LogP contribution in [0.15, 0.2) is 102 Å². The maximum Gasteiger partial charge on any atom is 0.255 e. The molecule has 0 heterocycles. The van der Waals surface area contributed by atoms with Gasteiger partial charge in [-0.3, -0.25) is 9.79 Å². The highest BCUT2D eigenvalue weighted by Crippen LogP contribution is 2.28. The van der Waals surface area contributed by atoms with E-state index < -0.39 is 0 Å². The van der Waals surface area contributed by atoms with Crippen molar-refractivity contribution in [1.82, 2.24) is 0 Å². The van der Waals surface area contributed by atoms with Gasteiger partial charge in [0.1, 0.15) is 11.5 Å². The summed E-state index contributed by atoms with van der Waals surface area (Å²) in [5, 5.41) is 2.99. The zero-order valence-corrected chi connectivity index (χ0v) is 21.3. The second kappa shape index (κ2) is 11.5. The third kappa shape index (κ3) is 6.28. The minimum atomic E-state index is -0.152. The summed E-state index contributed by atoms with van der Waals surface area (Å²) in [6, 6.07) is 31.2. The molecule has 4 rings (SSSR count). The average Bonchev–Trinajstić information content (AvgIpc) is 2.88. The third-order valence-corrected chi connectivity index (χ3v) is 6.18. The van der Waals surface area contributed by atoms with E-state index in [4.69, 9.17) is 9.73 Å². The Morgan fingerprint density at radius 2 is 1.58 bits per heavy atom. The fourth-order valence-electron chi connectivity index (χ4n) is 3.92. The molecule has 0 aliphatic heterocycles. The first-order valence-electron chi connectivity index (χ1n) is 12.3. The summed E-state index contributed by atoms with van der Waals surface area (Å²) in [4.78, 5) is 18.1. The van der Waals surface area contributed by atoms with Gasteiger partial charge in [0.2, 0.25) is 0 Å². The van der Waals surface area contributed by atoms with Crippen LogP contribution < -0.4 is 10.1 Å². The molecule has 1 unspecified atom stereocenters. The highest BCUT2D eigenvalue weighted by Gasteiger charge is 2.15. The lowest BCUT2D eigenvalue weighted by Gasteiger charge is -2.16. The first-order valence-corrected chi connectivity index (χ1v) is 12.3. The molecular weight excluding hydrogens is 444 g/mol. The quantitative estimate of drug-likeness (QED) is 0.259. The number of aliphatic imine (C=N–C) groups is 1. The van der Waals surface area contributed by atoms with Crippen molar-refractivity contribution < 1.29 is 9.53 Å². The van der Waals surface area contributed by atoms with Crippen molar-refractivity contribution in [3.63, 3.8) is 0 Å². The van der Waals surface area contributed by atoms with Gasteiger partial charge in [-0.15, -0.1) is 0 Å². The van der Waals surface area contributed by atoms with E-state index in [1.807, 2.05) is 105 Å². The predicted molar refractivity (Wildman–Crippen MR) is 149 cm³/mol. The second-order valence-corrected chi connectivity index (χ2v) is 9.07. The molecule has 36 heavy (non-hydrogen) atoms. The van der Waals surface area contributed by atoms with Crippen LogP contribution in [0.2, 0.25) is 0 Å². The maximum atomic E-state index is 13.0. The molecule has 4 aromatic rings. The Morgan fingerprint density at radius 1 is 0.833 bits per heavy atom. The summed E-state index contributed by atoms with van der Waals surface area (Å²) in [6.07, 6.45) is 0.940. The van der Waals surface area contributed by atoms with Crippen LogP contribution in [0, 0.1) is 19.8 Å². The standard InChI is InChI=1S/C32H32N2O2/c1-5-23(3)31(25-12-10-16-29(20-25)36-28-14-7-6-8-15-28)34-30-21-26(18-17-24(30)4)32(35)33-27-13-9-11-22(2)19-27/h6-21,23H,5H2,1-4H3,(H,33,35). The monoisotopic (exact) mass is 476 g/mol. The smallest absolute Gasteiger partial charge is 0.255 e. The second-order valence-electron chi connectivity index (χ2n) is 9.07. The number of hydrogen-bond donors (Lipinski definition) is 1. The van der Waals surface area contributed by atoms with Crippen molar-refractivity contribution in [1.29, 1.82) is 0 Å². The molecule has 0 radical (unpaired) electrons. The maximum absolute atomic E-state index is 13.0. The molecule has 182 valence electrons. The van der Waals surface area contributed by atoms with E-state index in [9.17, 15) is 4.79 Å². The number of hydrogen-bond acceptors (Lipinski definition) is 3. The van der Waals surface area contributed by atoms with Crippen molar-refractivity contribution in [3.05, 3.63) is 119 Å². The molecule has 0 aliphatic carbocycles. The molecule has 0 saturated heterocycles. The number of carbonyl (C=O) groups excluding carboxylic acids is 1. The number of aryl methyl sites for hydroxylation is 2. The molecule has 4 heteroatoms. The number of ether oxygens (including phenoxy) is 1. The number of carbonyl (C=O) groups is 1. The SMILES string of the molecule is CCC(C)C(=Nc1cc(C(=O)Nc2cccc(C)c2)ccc1C)c1cccc(Oc2ccccc2)c1. The summed E-state index contributed by atoms with van der Waals surface area (Å²) < 4.78 is 6.06. The van der Waals surface area contributed by atoms with Crippen LogP contribution in [0.1, 0.15) is 47.3 Å². The molecule has 0 spiro atoms. The van der Waals surface area contributed by atoms with E-state index >= 15 is 0 Å². The van der Waals surface area contributed by atoms with Gasteiger partial charge < -0.3 is 10.1 Å². The molecule has 0 bridgehead atoms. The Labute approximate surface area is 213 Å². The Bertz CT molecular complexity index is 1380. The Balaban J connectivity index is 1.66. The van der Waals surface area contributed by atoms with Gasteiger partial charge in [0.05, 0.1) is 11.4 Å². The highest BCUT2D eigenvalue weighted by molar-refractivity contribution is 6.06. The van der Waals surface area contributed by atoms with Gasteiger partial charge in [-0.1, -0.05) is 62.4 Å². The number of amides is 1. The van der Waals surface area contributed by atoms with E-state index in [2.05, 4.69) is 25.2 Å². The van der Waals surface area contributed by atoms with E-state index in [1.54, 1.807) is 0 Å². The summed E-state index contributed by atoms with van der Waals surface area (Å²) in [5.74, 6) is 1.62. The van der Waals surface area contributed by atoms with Crippen molar-refractivity contribution >= 4 is 23.0 Å². The van der Waals surface area contributed by atoms with Crippen LogP contribution >= 0.6 is 0 Å². The van der Waals surface area contributed by atoms with E-state index in [1.165, 1.54) is 0 Å². The van der Waals surface area contributed by atoms with Gasteiger partial charge in [0, 0.05) is 11.3 Å². The lowest BCUT2D eigenvalue weighted by molar-refractivity contribution is 0.102. The summed E-state index contributed by atoms with van der Waals surface area (Å²) in [5.41, 5.74) is 6.23. The molecular formula is C32H32N2O2. The van der Waals surface area contributed by atoms with Crippen LogP contribution in [0.5, 0.6) is 11.5 Å². The van der Waals surface area contributed by atoms with Crippen molar-refractivity contribution in [3.8, 4) is 11.5 Å².